The molecule has 0 saturated heterocycles. The van der Waals surface area contributed by atoms with Crippen LogP contribution in [0.15, 0.2) is 35.9 Å². The molecule has 0 amide bonds. The highest BCUT2D eigenvalue weighted by Crippen LogP contribution is 2.40. The molecule has 0 heterocycles. The summed E-state index contributed by atoms with van der Waals surface area (Å²) in [4.78, 5) is 0. The summed E-state index contributed by atoms with van der Waals surface area (Å²) >= 11 is 0. The van der Waals surface area contributed by atoms with E-state index in [0.717, 1.165) is 0 Å². The number of hydrogen-bond acceptors (Lipinski definition) is 1. The Morgan fingerprint density at radius 3 is 2.89 bits per heavy atom. The lowest BCUT2D eigenvalue weighted by atomic mass is 9.71. The zero-order valence-electron chi connectivity index (χ0n) is 11.3. The Balaban J connectivity index is 1.80. The van der Waals surface area contributed by atoms with Crippen molar-refractivity contribution in [1.29, 1.82) is 0 Å². The van der Waals surface area contributed by atoms with Crippen LogP contribution in [0.3, 0.4) is 0 Å². The topological polar surface area (TPSA) is 12.0 Å². The first-order chi connectivity index (χ1) is 8.90. The molecule has 2 aliphatic rings. The van der Waals surface area contributed by atoms with Crippen molar-refractivity contribution in [2.75, 3.05) is 7.05 Å². The Labute approximate surface area is 110 Å². The van der Waals surface area contributed by atoms with Gasteiger partial charge in [0.25, 0.3) is 0 Å². The van der Waals surface area contributed by atoms with E-state index in [4.69, 9.17) is 0 Å². The van der Waals surface area contributed by atoms with Crippen LogP contribution in [0.5, 0.6) is 0 Å². The van der Waals surface area contributed by atoms with Gasteiger partial charge >= 0.3 is 0 Å². The summed E-state index contributed by atoms with van der Waals surface area (Å²) < 4.78 is 0. The first kappa shape index (κ1) is 12.0. The van der Waals surface area contributed by atoms with Crippen LogP contribution in [0, 0.1) is 0 Å². The van der Waals surface area contributed by atoms with E-state index in [9.17, 15) is 0 Å². The lowest BCUT2D eigenvalue weighted by molar-refractivity contribution is 0.458. The van der Waals surface area contributed by atoms with E-state index in [2.05, 4.69) is 42.7 Å². The molecule has 0 spiro atoms. The van der Waals surface area contributed by atoms with Crippen LogP contribution < -0.4 is 5.32 Å². The van der Waals surface area contributed by atoms with Gasteiger partial charge in [-0.1, -0.05) is 42.3 Å². The Morgan fingerprint density at radius 2 is 2.06 bits per heavy atom. The van der Waals surface area contributed by atoms with E-state index >= 15 is 0 Å². The second-order valence-electron chi connectivity index (χ2n) is 5.65. The number of allylic oxidation sites excluding steroid dienone is 1. The molecule has 18 heavy (non-hydrogen) atoms. The van der Waals surface area contributed by atoms with Gasteiger partial charge in [-0.15, -0.1) is 0 Å². The molecule has 1 nitrogen and oxygen atoms in total. The highest BCUT2D eigenvalue weighted by atomic mass is 14.9. The van der Waals surface area contributed by atoms with Crippen molar-refractivity contribution in [2.45, 2.75) is 50.5 Å². The summed E-state index contributed by atoms with van der Waals surface area (Å²) in [6.45, 7) is 0. The molecule has 0 bridgehead atoms. The number of rotatable bonds is 3. The molecule has 2 atom stereocenters. The van der Waals surface area contributed by atoms with Gasteiger partial charge in [-0.3, -0.25) is 0 Å². The minimum Gasteiger partial charge on any atom is -0.313 e. The third-order valence-electron chi connectivity index (χ3n) is 4.58. The number of likely N-dealkylation sites (N-methyl/N-ethyl adjacent to an activating group) is 1. The molecular weight excluding hydrogens is 218 g/mol. The zero-order chi connectivity index (χ0) is 12.4. The quantitative estimate of drug-likeness (QED) is 0.794. The van der Waals surface area contributed by atoms with Crippen LogP contribution in [-0.4, -0.2) is 13.1 Å². The molecule has 2 aliphatic carbocycles. The van der Waals surface area contributed by atoms with Crippen LogP contribution in [-0.2, 0) is 6.42 Å². The molecule has 1 aromatic carbocycles. The third kappa shape index (κ3) is 2.12. The lowest BCUT2D eigenvalue weighted by Gasteiger charge is -2.38. The molecular formula is C17H23N. The Hall–Kier alpha value is -1.08. The summed E-state index contributed by atoms with van der Waals surface area (Å²) in [5.74, 6) is 0.704. The maximum absolute atomic E-state index is 3.57. The van der Waals surface area contributed by atoms with Gasteiger partial charge in [-0.25, -0.2) is 0 Å². The van der Waals surface area contributed by atoms with Crippen LogP contribution in [0.25, 0.3) is 0 Å². The molecule has 96 valence electrons. The second kappa shape index (κ2) is 5.27. The lowest BCUT2D eigenvalue weighted by Crippen LogP contribution is -2.39. The minimum absolute atomic E-state index is 0.568. The molecule has 1 aromatic rings. The molecule has 1 N–H and O–H groups in total. The van der Waals surface area contributed by atoms with Crippen molar-refractivity contribution in [1.82, 2.24) is 5.32 Å². The van der Waals surface area contributed by atoms with Gasteiger partial charge in [0.05, 0.1) is 0 Å². The summed E-state index contributed by atoms with van der Waals surface area (Å²) in [6, 6.07) is 9.50. The molecule has 0 aromatic heterocycles. The molecule has 0 radical (unpaired) electrons. The Morgan fingerprint density at radius 1 is 1.17 bits per heavy atom. The van der Waals surface area contributed by atoms with E-state index in [1.165, 1.54) is 38.5 Å². The van der Waals surface area contributed by atoms with Crippen molar-refractivity contribution >= 4 is 0 Å². The second-order valence-corrected chi connectivity index (χ2v) is 5.65. The molecule has 0 saturated carbocycles. The van der Waals surface area contributed by atoms with Gasteiger partial charge in [-0.2, -0.15) is 0 Å². The van der Waals surface area contributed by atoms with Crippen molar-refractivity contribution in [3.05, 3.63) is 47.0 Å². The van der Waals surface area contributed by atoms with Crippen LogP contribution in [0.4, 0.5) is 0 Å². The SMILES string of the molecule is CNC(C1=CCCCCC1)C1Cc2ccccc21. The van der Waals surface area contributed by atoms with E-state index in [1.807, 2.05) is 0 Å². The maximum Gasteiger partial charge on any atom is 0.0349 e. The monoisotopic (exact) mass is 241 g/mol. The van der Waals surface area contributed by atoms with Gasteiger partial charge in [0.15, 0.2) is 0 Å². The third-order valence-corrected chi connectivity index (χ3v) is 4.58. The predicted octanol–water partition coefficient (Wildman–Crippen LogP) is 3.80. The summed E-state index contributed by atoms with van der Waals surface area (Å²) in [7, 11) is 2.12. The molecule has 3 rings (SSSR count). The molecule has 0 fully saturated rings. The van der Waals surface area contributed by atoms with Gasteiger partial charge in [0.2, 0.25) is 0 Å². The number of hydrogen-bond donors (Lipinski definition) is 1. The number of benzene rings is 1. The predicted molar refractivity (Wildman–Crippen MR) is 76.9 cm³/mol. The van der Waals surface area contributed by atoms with Crippen molar-refractivity contribution in [3.63, 3.8) is 0 Å². The highest BCUT2D eigenvalue weighted by Gasteiger charge is 2.33. The van der Waals surface area contributed by atoms with Crippen LogP contribution in [0.2, 0.25) is 0 Å². The fourth-order valence-corrected chi connectivity index (χ4v) is 3.56. The summed E-state index contributed by atoms with van der Waals surface area (Å²) in [5.41, 5.74) is 4.79. The highest BCUT2D eigenvalue weighted by molar-refractivity contribution is 5.43. The average molecular weight is 241 g/mol. The standard InChI is InChI=1S/C17H23N/c1-18-17(13-8-4-2-3-5-9-13)16-12-14-10-6-7-11-15(14)16/h6-8,10-11,16-18H,2-5,9,12H2,1H3. The molecule has 0 aliphatic heterocycles. The van der Waals surface area contributed by atoms with Gasteiger partial charge < -0.3 is 5.32 Å². The first-order valence-electron chi connectivity index (χ1n) is 7.34. The number of nitrogens with one attached hydrogen (secondary N) is 1. The Bertz CT molecular complexity index is 447. The van der Waals surface area contributed by atoms with Crippen molar-refractivity contribution < 1.29 is 0 Å². The van der Waals surface area contributed by atoms with E-state index in [-0.39, 0.29) is 0 Å². The van der Waals surface area contributed by atoms with Gasteiger partial charge in [0.1, 0.15) is 0 Å². The van der Waals surface area contributed by atoms with Crippen LogP contribution >= 0.6 is 0 Å². The van der Waals surface area contributed by atoms with E-state index in [1.54, 1.807) is 16.7 Å². The smallest absolute Gasteiger partial charge is 0.0349 e. The number of fused-ring (bicyclic) bond motifs is 1. The van der Waals surface area contributed by atoms with E-state index < -0.39 is 0 Å². The van der Waals surface area contributed by atoms with Crippen LogP contribution in [0.1, 0.15) is 49.1 Å². The average Bonchev–Trinajstić information content (AvgIpc) is 2.65. The van der Waals surface area contributed by atoms with E-state index in [0.29, 0.717) is 12.0 Å². The first-order valence-corrected chi connectivity index (χ1v) is 7.34. The fourth-order valence-electron chi connectivity index (χ4n) is 3.56. The largest absolute Gasteiger partial charge is 0.313 e. The summed E-state index contributed by atoms with van der Waals surface area (Å²) in [5, 5.41) is 3.57. The Kier molecular flexibility index (Phi) is 3.51. The normalized spacial score (nSPS) is 24.5. The zero-order valence-corrected chi connectivity index (χ0v) is 11.3. The maximum atomic E-state index is 3.57. The minimum atomic E-state index is 0.568. The fraction of sp³-hybridized carbons (Fsp3) is 0.529. The van der Waals surface area contributed by atoms with Gasteiger partial charge in [0, 0.05) is 12.0 Å². The molecule has 1 heteroatoms. The van der Waals surface area contributed by atoms with Crippen molar-refractivity contribution in [2.24, 2.45) is 0 Å². The van der Waals surface area contributed by atoms with Gasteiger partial charge in [-0.05, 0) is 50.3 Å². The summed E-state index contributed by atoms with van der Waals surface area (Å²) in [6.07, 6.45) is 10.5. The van der Waals surface area contributed by atoms with Crippen molar-refractivity contribution in [3.8, 4) is 0 Å². The molecule has 2 unspecified atom stereocenters.